The quantitative estimate of drug-likeness (QED) is 0.723. The van der Waals surface area contributed by atoms with Crippen molar-refractivity contribution in [2.24, 2.45) is 0 Å². The SMILES string of the molecule is CCCn1cc(-c2nc(COC)c(I)c(NCC)n2)cn1. The van der Waals surface area contributed by atoms with E-state index < -0.39 is 0 Å². The van der Waals surface area contributed by atoms with Gasteiger partial charge in [0, 0.05) is 26.4 Å². The van der Waals surface area contributed by atoms with Crippen LogP contribution in [0.2, 0.25) is 0 Å². The van der Waals surface area contributed by atoms with Gasteiger partial charge in [-0.15, -0.1) is 0 Å². The van der Waals surface area contributed by atoms with Crippen molar-refractivity contribution < 1.29 is 4.74 Å². The lowest BCUT2D eigenvalue weighted by Crippen LogP contribution is -2.08. The Morgan fingerprint density at radius 3 is 2.81 bits per heavy atom. The van der Waals surface area contributed by atoms with Crippen LogP contribution in [0.15, 0.2) is 12.4 Å². The van der Waals surface area contributed by atoms with Gasteiger partial charge in [-0.25, -0.2) is 9.97 Å². The van der Waals surface area contributed by atoms with Gasteiger partial charge in [0.15, 0.2) is 5.82 Å². The maximum absolute atomic E-state index is 5.23. The number of anilines is 1. The van der Waals surface area contributed by atoms with E-state index in [0.29, 0.717) is 12.4 Å². The van der Waals surface area contributed by atoms with Crippen LogP contribution in [-0.4, -0.2) is 33.4 Å². The molecule has 6 nitrogen and oxygen atoms in total. The molecule has 0 spiro atoms. The molecule has 2 heterocycles. The van der Waals surface area contributed by atoms with Gasteiger partial charge >= 0.3 is 0 Å². The number of aromatic nitrogens is 4. The molecule has 0 aromatic carbocycles. The molecule has 0 aliphatic rings. The van der Waals surface area contributed by atoms with Gasteiger partial charge in [-0.3, -0.25) is 4.68 Å². The average Bonchev–Trinajstić information content (AvgIpc) is 2.92. The highest BCUT2D eigenvalue weighted by Crippen LogP contribution is 2.24. The van der Waals surface area contributed by atoms with Crippen LogP contribution in [0.25, 0.3) is 11.4 Å². The van der Waals surface area contributed by atoms with Crippen LogP contribution in [-0.2, 0) is 17.9 Å². The van der Waals surface area contributed by atoms with Crippen molar-refractivity contribution in [3.05, 3.63) is 21.7 Å². The molecule has 0 aliphatic heterocycles. The van der Waals surface area contributed by atoms with Crippen molar-refractivity contribution in [1.29, 1.82) is 0 Å². The zero-order valence-electron chi connectivity index (χ0n) is 12.6. The van der Waals surface area contributed by atoms with E-state index in [0.717, 1.165) is 40.2 Å². The molecule has 2 aromatic heterocycles. The maximum Gasteiger partial charge on any atom is 0.165 e. The number of nitrogens with one attached hydrogen (secondary N) is 1. The molecule has 21 heavy (non-hydrogen) atoms. The van der Waals surface area contributed by atoms with Gasteiger partial charge in [0.25, 0.3) is 0 Å². The first-order valence-corrected chi connectivity index (χ1v) is 8.09. The predicted molar refractivity (Wildman–Crippen MR) is 91.1 cm³/mol. The van der Waals surface area contributed by atoms with Gasteiger partial charge < -0.3 is 10.1 Å². The number of halogens is 1. The lowest BCUT2D eigenvalue weighted by molar-refractivity contribution is 0.181. The number of aryl methyl sites for hydroxylation is 1. The Hall–Kier alpha value is -1.22. The van der Waals surface area contributed by atoms with Crippen LogP contribution < -0.4 is 5.32 Å². The molecule has 0 saturated carbocycles. The summed E-state index contributed by atoms with van der Waals surface area (Å²) in [5, 5.41) is 7.61. The molecule has 0 bridgehead atoms. The van der Waals surface area contributed by atoms with Crippen molar-refractivity contribution in [2.75, 3.05) is 19.0 Å². The highest BCUT2D eigenvalue weighted by molar-refractivity contribution is 14.1. The summed E-state index contributed by atoms with van der Waals surface area (Å²) in [6.45, 7) is 6.36. The van der Waals surface area contributed by atoms with Crippen molar-refractivity contribution in [3.8, 4) is 11.4 Å². The van der Waals surface area contributed by atoms with Crippen molar-refractivity contribution >= 4 is 28.4 Å². The summed E-state index contributed by atoms with van der Waals surface area (Å²) in [4.78, 5) is 9.22. The van der Waals surface area contributed by atoms with Gasteiger partial charge in [-0.05, 0) is 35.9 Å². The Morgan fingerprint density at radius 1 is 1.33 bits per heavy atom. The Balaban J connectivity index is 2.41. The first kappa shape index (κ1) is 16.2. The normalized spacial score (nSPS) is 10.9. The summed E-state index contributed by atoms with van der Waals surface area (Å²) in [6, 6.07) is 0. The zero-order chi connectivity index (χ0) is 15.2. The minimum absolute atomic E-state index is 0.468. The monoisotopic (exact) mass is 401 g/mol. The lowest BCUT2D eigenvalue weighted by atomic mass is 10.3. The topological polar surface area (TPSA) is 64.9 Å². The summed E-state index contributed by atoms with van der Waals surface area (Å²) in [5.74, 6) is 1.53. The van der Waals surface area contributed by atoms with E-state index in [1.807, 2.05) is 24.0 Å². The maximum atomic E-state index is 5.23. The summed E-state index contributed by atoms with van der Waals surface area (Å²) in [7, 11) is 1.67. The Morgan fingerprint density at radius 2 is 2.14 bits per heavy atom. The molecule has 0 unspecified atom stereocenters. The van der Waals surface area contributed by atoms with Crippen molar-refractivity contribution in [2.45, 2.75) is 33.4 Å². The number of nitrogens with zero attached hydrogens (tertiary/aromatic N) is 4. The van der Waals surface area contributed by atoms with E-state index in [4.69, 9.17) is 4.74 Å². The van der Waals surface area contributed by atoms with E-state index in [9.17, 15) is 0 Å². The minimum Gasteiger partial charge on any atom is -0.378 e. The molecule has 0 saturated heterocycles. The molecule has 0 radical (unpaired) electrons. The van der Waals surface area contributed by atoms with Crippen LogP contribution in [0, 0.1) is 3.57 Å². The summed E-state index contributed by atoms with van der Waals surface area (Å²) in [6.07, 6.45) is 4.84. The molecule has 1 N–H and O–H groups in total. The third-order valence-corrected chi connectivity index (χ3v) is 4.02. The van der Waals surface area contributed by atoms with E-state index >= 15 is 0 Å². The molecular weight excluding hydrogens is 381 g/mol. The number of hydrogen-bond acceptors (Lipinski definition) is 5. The van der Waals surface area contributed by atoms with Crippen molar-refractivity contribution in [1.82, 2.24) is 19.7 Å². The molecule has 0 aliphatic carbocycles. The van der Waals surface area contributed by atoms with E-state index in [-0.39, 0.29) is 0 Å². The lowest BCUT2D eigenvalue weighted by Gasteiger charge is -2.11. The van der Waals surface area contributed by atoms with Crippen LogP contribution in [0.4, 0.5) is 5.82 Å². The Kier molecular flexibility index (Phi) is 5.92. The van der Waals surface area contributed by atoms with Gasteiger partial charge in [0.2, 0.25) is 0 Å². The van der Waals surface area contributed by atoms with Crippen LogP contribution in [0.5, 0.6) is 0 Å². The third kappa shape index (κ3) is 3.91. The zero-order valence-corrected chi connectivity index (χ0v) is 14.7. The number of hydrogen-bond donors (Lipinski definition) is 1. The molecule has 114 valence electrons. The molecule has 0 amide bonds. The van der Waals surface area contributed by atoms with Gasteiger partial charge in [0.1, 0.15) is 5.82 Å². The molecule has 7 heteroatoms. The second-order valence-corrected chi connectivity index (χ2v) is 5.69. The first-order chi connectivity index (χ1) is 10.2. The third-order valence-electron chi connectivity index (χ3n) is 2.89. The number of methoxy groups -OCH3 is 1. The van der Waals surface area contributed by atoms with Crippen molar-refractivity contribution in [3.63, 3.8) is 0 Å². The minimum atomic E-state index is 0.468. The summed E-state index contributed by atoms with van der Waals surface area (Å²) in [5.41, 5.74) is 1.82. The molecule has 0 atom stereocenters. The van der Waals surface area contributed by atoms with E-state index in [1.165, 1.54) is 0 Å². The average molecular weight is 401 g/mol. The number of rotatable bonds is 7. The smallest absolute Gasteiger partial charge is 0.165 e. The van der Waals surface area contributed by atoms with E-state index in [2.05, 4.69) is 49.9 Å². The number of ether oxygens (including phenoxy) is 1. The highest BCUT2D eigenvalue weighted by Gasteiger charge is 2.14. The summed E-state index contributed by atoms with van der Waals surface area (Å²) < 4.78 is 8.15. The Labute approximate surface area is 138 Å². The predicted octanol–water partition coefficient (Wildman–Crippen LogP) is 2.93. The standard InChI is InChI=1S/C14H20IN5O/c1-4-6-20-8-10(7-17-20)13-18-11(9-21-3)12(15)14(19-13)16-5-2/h7-8H,4-6,9H2,1-3H3,(H,16,18,19). The second kappa shape index (κ2) is 7.69. The fourth-order valence-electron chi connectivity index (χ4n) is 1.97. The van der Waals surface area contributed by atoms with Gasteiger partial charge in [0.05, 0.1) is 27.6 Å². The second-order valence-electron chi connectivity index (χ2n) is 4.61. The largest absolute Gasteiger partial charge is 0.378 e. The van der Waals surface area contributed by atoms with Gasteiger partial charge in [-0.2, -0.15) is 5.10 Å². The molecule has 0 fully saturated rings. The molecule has 2 aromatic rings. The first-order valence-electron chi connectivity index (χ1n) is 7.01. The molecule has 2 rings (SSSR count). The van der Waals surface area contributed by atoms with E-state index in [1.54, 1.807) is 7.11 Å². The van der Waals surface area contributed by atoms with Crippen LogP contribution >= 0.6 is 22.6 Å². The highest BCUT2D eigenvalue weighted by atomic mass is 127. The fourth-order valence-corrected chi connectivity index (χ4v) is 2.56. The Bertz CT molecular complexity index is 572. The van der Waals surface area contributed by atoms with Crippen LogP contribution in [0.3, 0.4) is 0 Å². The van der Waals surface area contributed by atoms with Crippen LogP contribution in [0.1, 0.15) is 26.0 Å². The summed E-state index contributed by atoms with van der Waals surface area (Å²) >= 11 is 2.25. The molecular formula is C14H20IN5O. The fraction of sp³-hybridized carbons (Fsp3) is 0.500. The van der Waals surface area contributed by atoms with Gasteiger partial charge in [-0.1, -0.05) is 6.92 Å².